The maximum atomic E-state index is 5.89. The summed E-state index contributed by atoms with van der Waals surface area (Å²) in [5.41, 5.74) is 8.35. The standard InChI is InChI=1S/C16H20N4S/c1-10-3-2-4-12(9-17)14(10)21-16-19-18-15(11-5-6-11)20(16)13-7-8-13/h2-4,11,13H,5-9,17H2,1H3. The number of nitrogens with zero attached hydrogens (tertiary/aromatic N) is 3. The van der Waals surface area contributed by atoms with Crippen molar-refractivity contribution in [2.45, 2.75) is 61.2 Å². The summed E-state index contributed by atoms with van der Waals surface area (Å²) in [4.78, 5) is 1.25. The number of nitrogens with two attached hydrogens (primary N) is 1. The van der Waals surface area contributed by atoms with Gasteiger partial charge in [0.1, 0.15) is 5.82 Å². The molecular formula is C16H20N4S. The molecule has 0 atom stereocenters. The van der Waals surface area contributed by atoms with E-state index in [1.165, 1.54) is 47.5 Å². The summed E-state index contributed by atoms with van der Waals surface area (Å²) >= 11 is 1.74. The van der Waals surface area contributed by atoms with Crippen molar-refractivity contribution in [2.24, 2.45) is 5.73 Å². The Balaban J connectivity index is 1.71. The average Bonchev–Trinajstić information content (AvgIpc) is 3.40. The molecule has 1 heterocycles. The smallest absolute Gasteiger partial charge is 0.196 e. The first kappa shape index (κ1) is 13.3. The lowest BCUT2D eigenvalue weighted by Crippen LogP contribution is -2.03. The molecule has 0 aliphatic heterocycles. The Kier molecular flexibility index (Phi) is 3.27. The maximum Gasteiger partial charge on any atom is 0.196 e. The molecule has 4 nitrogen and oxygen atoms in total. The molecule has 2 aliphatic carbocycles. The molecule has 5 heteroatoms. The largest absolute Gasteiger partial charge is 0.326 e. The molecule has 0 saturated heterocycles. The van der Waals surface area contributed by atoms with Crippen molar-refractivity contribution in [3.63, 3.8) is 0 Å². The second-order valence-electron chi connectivity index (χ2n) is 6.09. The van der Waals surface area contributed by atoms with Crippen LogP contribution >= 0.6 is 11.8 Å². The van der Waals surface area contributed by atoms with Crippen LogP contribution in [0.5, 0.6) is 0 Å². The minimum atomic E-state index is 0.567. The van der Waals surface area contributed by atoms with Gasteiger partial charge >= 0.3 is 0 Å². The van der Waals surface area contributed by atoms with Crippen LogP contribution in [0.4, 0.5) is 0 Å². The van der Waals surface area contributed by atoms with Gasteiger partial charge in [0.2, 0.25) is 0 Å². The van der Waals surface area contributed by atoms with E-state index in [9.17, 15) is 0 Å². The Labute approximate surface area is 129 Å². The van der Waals surface area contributed by atoms with Gasteiger partial charge in [0.05, 0.1) is 0 Å². The molecule has 0 radical (unpaired) electrons. The van der Waals surface area contributed by atoms with E-state index < -0.39 is 0 Å². The molecule has 110 valence electrons. The highest BCUT2D eigenvalue weighted by atomic mass is 32.2. The SMILES string of the molecule is Cc1cccc(CN)c1Sc1nnc(C2CC2)n1C1CC1. The van der Waals surface area contributed by atoms with Gasteiger partial charge in [-0.25, -0.2) is 0 Å². The second kappa shape index (κ2) is 5.14. The molecule has 0 spiro atoms. The normalized spacial score (nSPS) is 18.2. The molecule has 0 bridgehead atoms. The van der Waals surface area contributed by atoms with Crippen molar-refractivity contribution in [3.8, 4) is 0 Å². The molecule has 2 N–H and O–H groups in total. The Bertz CT molecular complexity index is 671. The monoisotopic (exact) mass is 300 g/mol. The van der Waals surface area contributed by atoms with Crippen LogP contribution in [0.1, 0.15) is 54.6 Å². The summed E-state index contributed by atoms with van der Waals surface area (Å²) in [5, 5.41) is 10.0. The van der Waals surface area contributed by atoms with E-state index in [0.29, 0.717) is 18.5 Å². The van der Waals surface area contributed by atoms with Gasteiger partial charge in [-0.3, -0.25) is 0 Å². The Morgan fingerprint density at radius 1 is 1.24 bits per heavy atom. The van der Waals surface area contributed by atoms with Crippen molar-refractivity contribution in [1.82, 2.24) is 14.8 Å². The van der Waals surface area contributed by atoms with E-state index in [1.54, 1.807) is 11.8 Å². The topological polar surface area (TPSA) is 56.7 Å². The second-order valence-corrected chi connectivity index (χ2v) is 7.06. The van der Waals surface area contributed by atoms with Crippen LogP contribution in [0.2, 0.25) is 0 Å². The molecular weight excluding hydrogens is 280 g/mol. The van der Waals surface area contributed by atoms with Gasteiger partial charge in [0, 0.05) is 23.4 Å². The van der Waals surface area contributed by atoms with Gasteiger partial charge in [-0.2, -0.15) is 0 Å². The van der Waals surface area contributed by atoms with Crippen LogP contribution in [-0.2, 0) is 6.54 Å². The lowest BCUT2D eigenvalue weighted by Gasteiger charge is -2.12. The fourth-order valence-corrected chi connectivity index (χ4v) is 3.88. The molecule has 2 aliphatic rings. The van der Waals surface area contributed by atoms with Crippen molar-refractivity contribution in [2.75, 3.05) is 0 Å². The molecule has 0 unspecified atom stereocenters. The van der Waals surface area contributed by atoms with Crippen molar-refractivity contribution in [3.05, 3.63) is 35.2 Å². The Morgan fingerprint density at radius 2 is 2.05 bits per heavy atom. The third-order valence-corrected chi connectivity index (χ3v) is 5.50. The van der Waals surface area contributed by atoms with E-state index in [-0.39, 0.29) is 0 Å². The summed E-state index contributed by atoms with van der Waals surface area (Å²) in [7, 11) is 0. The molecule has 4 rings (SSSR count). The molecule has 1 aromatic heterocycles. The number of hydrogen-bond acceptors (Lipinski definition) is 4. The first-order valence-corrected chi connectivity index (χ1v) is 8.50. The Hall–Kier alpha value is -1.33. The predicted octanol–water partition coefficient (Wildman–Crippen LogP) is 3.41. The van der Waals surface area contributed by atoms with Crippen LogP contribution in [-0.4, -0.2) is 14.8 Å². The summed E-state index contributed by atoms with van der Waals surface area (Å²) in [6, 6.07) is 6.95. The molecule has 0 amide bonds. The van der Waals surface area contributed by atoms with Crippen molar-refractivity contribution in [1.29, 1.82) is 0 Å². The zero-order valence-corrected chi connectivity index (χ0v) is 13.1. The van der Waals surface area contributed by atoms with E-state index >= 15 is 0 Å². The molecule has 2 fully saturated rings. The predicted molar refractivity (Wildman–Crippen MR) is 83.5 cm³/mol. The van der Waals surface area contributed by atoms with Gasteiger partial charge in [0.15, 0.2) is 5.16 Å². The van der Waals surface area contributed by atoms with E-state index in [2.05, 4.69) is 39.9 Å². The van der Waals surface area contributed by atoms with E-state index in [0.717, 1.165) is 5.16 Å². The zero-order valence-electron chi connectivity index (χ0n) is 12.2. The average molecular weight is 300 g/mol. The van der Waals surface area contributed by atoms with Crippen molar-refractivity contribution < 1.29 is 0 Å². The number of rotatable bonds is 5. The molecule has 2 saturated carbocycles. The summed E-state index contributed by atoms with van der Waals surface area (Å²) in [6.07, 6.45) is 5.08. The lowest BCUT2D eigenvalue weighted by atomic mass is 10.1. The zero-order chi connectivity index (χ0) is 14.4. The lowest BCUT2D eigenvalue weighted by molar-refractivity contribution is 0.627. The molecule has 1 aromatic carbocycles. The summed E-state index contributed by atoms with van der Waals surface area (Å²) in [5.74, 6) is 1.86. The van der Waals surface area contributed by atoms with Gasteiger partial charge in [0.25, 0.3) is 0 Å². The Morgan fingerprint density at radius 3 is 2.71 bits per heavy atom. The first-order valence-electron chi connectivity index (χ1n) is 7.69. The van der Waals surface area contributed by atoms with Crippen LogP contribution in [0.3, 0.4) is 0 Å². The highest BCUT2D eigenvalue weighted by molar-refractivity contribution is 7.99. The van der Waals surface area contributed by atoms with Crippen LogP contribution in [0.25, 0.3) is 0 Å². The third-order valence-electron chi connectivity index (χ3n) is 4.25. The first-order chi connectivity index (χ1) is 10.3. The van der Waals surface area contributed by atoms with Gasteiger partial charge in [-0.05, 0) is 55.5 Å². The van der Waals surface area contributed by atoms with Gasteiger partial charge in [-0.1, -0.05) is 18.2 Å². The quantitative estimate of drug-likeness (QED) is 0.919. The summed E-state index contributed by atoms with van der Waals surface area (Å²) in [6.45, 7) is 2.71. The minimum absolute atomic E-state index is 0.567. The minimum Gasteiger partial charge on any atom is -0.326 e. The summed E-state index contributed by atoms with van der Waals surface area (Å²) < 4.78 is 2.40. The number of aromatic nitrogens is 3. The van der Waals surface area contributed by atoms with Crippen LogP contribution in [0.15, 0.2) is 28.3 Å². The highest BCUT2D eigenvalue weighted by Crippen LogP contribution is 2.47. The van der Waals surface area contributed by atoms with Crippen LogP contribution in [0, 0.1) is 6.92 Å². The fraction of sp³-hybridized carbons (Fsp3) is 0.500. The van der Waals surface area contributed by atoms with Crippen molar-refractivity contribution >= 4 is 11.8 Å². The third kappa shape index (κ3) is 2.49. The van der Waals surface area contributed by atoms with Gasteiger partial charge < -0.3 is 10.3 Å². The highest BCUT2D eigenvalue weighted by Gasteiger charge is 2.36. The fourth-order valence-electron chi connectivity index (χ4n) is 2.77. The van der Waals surface area contributed by atoms with E-state index in [4.69, 9.17) is 5.73 Å². The molecule has 21 heavy (non-hydrogen) atoms. The van der Waals surface area contributed by atoms with Gasteiger partial charge in [-0.15, -0.1) is 10.2 Å². The number of aryl methyl sites for hydroxylation is 1. The van der Waals surface area contributed by atoms with Crippen LogP contribution < -0.4 is 5.73 Å². The number of benzene rings is 1. The molecule has 2 aromatic rings. The maximum absolute atomic E-state index is 5.89. The van der Waals surface area contributed by atoms with E-state index in [1.807, 2.05) is 0 Å². The number of hydrogen-bond donors (Lipinski definition) is 1.